The molecule has 0 atom stereocenters. The summed E-state index contributed by atoms with van der Waals surface area (Å²) in [5.74, 6) is -0.220. The first-order valence-corrected chi connectivity index (χ1v) is 24.3. The molecule has 9 aromatic rings. The third-order valence-electron chi connectivity index (χ3n) is 12.1. The number of nitrogens with zero attached hydrogens (tertiary/aromatic N) is 3. The number of benzene rings is 7. The fourth-order valence-corrected chi connectivity index (χ4v) is 11.3. The molecule has 7 nitrogen and oxygen atoms in total. The van der Waals surface area contributed by atoms with Crippen molar-refractivity contribution in [2.75, 3.05) is 23.0 Å². The summed E-state index contributed by atoms with van der Waals surface area (Å²) in [7, 11) is 0. The lowest BCUT2D eigenvalue weighted by atomic mass is 10.0. The number of ether oxygens (including phenoxy) is 2. The third kappa shape index (κ3) is 9.02. The van der Waals surface area contributed by atoms with Gasteiger partial charge in [-0.3, -0.25) is 0 Å². The van der Waals surface area contributed by atoms with Crippen molar-refractivity contribution >= 4 is 90.4 Å². The van der Waals surface area contributed by atoms with Gasteiger partial charge in [0.05, 0.1) is 9.75 Å². The van der Waals surface area contributed by atoms with Crippen LogP contribution in [-0.4, -0.2) is 24.3 Å². The first-order valence-electron chi connectivity index (χ1n) is 22.7. The van der Waals surface area contributed by atoms with Crippen molar-refractivity contribution in [2.45, 2.75) is 39.0 Å². The van der Waals surface area contributed by atoms with Gasteiger partial charge in [-0.2, -0.15) is 5.26 Å². The lowest BCUT2D eigenvalue weighted by molar-refractivity contribution is -0.132. The second-order valence-corrected chi connectivity index (χ2v) is 18.6. The van der Waals surface area contributed by atoms with Crippen molar-refractivity contribution in [1.82, 2.24) is 0 Å². The number of carboxylic acid groups (broad SMARTS) is 1. The van der Waals surface area contributed by atoms with E-state index < -0.39 is 5.97 Å². The summed E-state index contributed by atoms with van der Waals surface area (Å²) >= 11 is 3.11. The van der Waals surface area contributed by atoms with Gasteiger partial charge in [-0.15, -0.1) is 22.7 Å². The molecular weight excluding hydrogens is 867 g/mol. The standard InChI is InChI=1S/C58H47N3O4S2/c1-2-3-4-7-20-43-35-53(57-55-54(64-29-30-65-55)52(66-57)36-45(38-59)58(62)63)67-56(43)44-33-50(60(46-21-8-5-9-22-46)48-27-25-39-16-12-14-18-41(39)31-48)37-51(34-44)61(47-23-10-6-11-24-47)49-28-26-40-17-13-15-19-42(40)32-49/h5-6,8-19,21-28,31-37H,2-4,7,20,29-30H2,1H3,(H,62,63)/b45-36-. The van der Waals surface area contributed by atoms with E-state index >= 15 is 0 Å². The van der Waals surface area contributed by atoms with E-state index in [1.165, 1.54) is 33.7 Å². The predicted octanol–water partition coefficient (Wildman–Crippen LogP) is 16.3. The smallest absolute Gasteiger partial charge is 0.346 e. The van der Waals surface area contributed by atoms with Gasteiger partial charge in [-0.25, -0.2) is 4.79 Å². The molecule has 9 heteroatoms. The highest BCUT2D eigenvalue weighted by molar-refractivity contribution is 7.24. The first-order chi connectivity index (χ1) is 32.9. The summed E-state index contributed by atoms with van der Waals surface area (Å²) in [5, 5.41) is 24.2. The van der Waals surface area contributed by atoms with Crippen LogP contribution in [0.2, 0.25) is 0 Å². The van der Waals surface area contributed by atoms with E-state index in [0.29, 0.717) is 29.6 Å². The largest absolute Gasteiger partial charge is 0.485 e. The molecule has 0 amide bonds. The molecule has 0 saturated carbocycles. The van der Waals surface area contributed by atoms with Crippen LogP contribution >= 0.6 is 22.7 Å². The Morgan fingerprint density at radius 2 is 1.15 bits per heavy atom. The minimum absolute atomic E-state index is 0.331. The number of para-hydroxylation sites is 2. The number of rotatable bonds is 15. The van der Waals surface area contributed by atoms with Crippen LogP contribution in [0.15, 0.2) is 175 Å². The Morgan fingerprint density at radius 3 is 1.70 bits per heavy atom. The molecule has 10 rings (SSSR count). The van der Waals surface area contributed by atoms with Crippen LogP contribution in [0, 0.1) is 11.3 Å². The Labute approximate surface area is 398 Å². The van der Waals surface area contributed by atoms with Crippen molar-refractivity contribution in [3.8, 4) is 37.8 Å². The second kappa shape index (κ2) is 19.4. The average molecular weight is 914 g/mol. The number of aliphatic carboxylic acids is 1. The zero-order chi connectivity index (χ0) is 45.7. The maximum absolute atomic E-state index is 12.0. The molecule has 67 heavy (non-hydrogen) atoms. The first kappa shape index (κ1) is 43.3. The molecule has 0 radical (unpaired) electrons. The van der Waals surface area contributed by atoms with Gasteiger partial charge in [0.25, 0.3) is 0 Å². The van der Waals surface area contributed by atoms with Gasteiger partial charge in [-0.05, 0) is 124 Å². The molecule has 330 valence electrons. The summed E-state index contributed by atoms with van der Waals surface area (Å²) < 4.78 is 12.4. The van der Waals surface area contributed by atoms with E-state index in [1.807, 2.05) is 6.07 Å². The number of aryl methyl sites for hydroxylation is 1. The minimum Gasteiger partial charge on any atom is -0.485 e. The number of hydrogen-bond acceptors (Lipinski definition) is 8. The third-order valence-corrected chi connectivity index (χ3v) is 14.6. The zero-order valence-electron chi connectivity index (χ0n) is 37.0. The maximum atomic E-state index is 12.0. The fourth-order valence-electron chi connectivity index (χ4n) is 8.88. The number of carboxylic acids is 1. The fraction of sp³-hybridized carbons (Fsp3) is 0.138. The number of nitriles is 1. The second-order valence-electron chi connectivity index (χ2n) is 16.5. The zero-order valence-corrected chi connectivity index (χ0v) is 38.7. The number of thiophene rings is 2. The van der Waals surface area contributed by atoms with E-state index in [2.05, 4.69) is 187 Å². The van der Waals surface area contributed by atoms with Gasteiger partial charge in [-0.1, -0.05) is 123 Å². The highest BCUT2D eigenvalue weighted by atomic mass is 32.1. The molecule has 7 aromatic carbocycles. The number of hydrogen-bond donors (Lipinski definition) is 1. The topological polar surface area (TPSA) is 86.0 Å². The van der Waals surface area contributed by atoms with Crippen LogP contribution in [0.1, 0.15) is 43.0 Å². The Bertz CT molecular complexity index is 3170. The minimum atomic E-state index is -1.28. The van der Waals surface area contributed by atoms with E-state index in [-0.39, 0.29) is 5.57 Å². The number of carbonyl (C=O) groups is 1. The van der Waals surface area contributed by atoms with Crippen molar-refractivity contribution in [2.24, 2.45) is 0 Å². The predicted molar refractivity (Wildman–Crippen MR) is 278 cm³/mol. The number of fused-ring (bicyclic) bond motifs is 3. The highest BCUT2D eigenvalue weighted by Gasteiger charge is 2.28. The van der Waals surface area contributed by atoms with E-state index in [0.717, 1.165) is 97.2 Å². The molecule has 1 aliphatic heterocycles. The Balaban J connectivity index is 1.22. The van der Waals surface area contributed by atoms with E-state index in [9.17, 15) is 15.2 Å². The summed E-state index contributed by atoms with van der Waals surface area (Å²) in [6, 6.07) is 62.5. The Hall–Kier alpha value is -7.64. The normalized spacial score (nSPS) is 12.3. The van der Waals surface area contributed by atoms with Crippen LogP contribution in [0.3, 0.4) is 0 Å². The summed E-state index contributed by atoms with van der Waals surface area (Å²) in [6.07, 6.45) is 6.72. The van der Waals surface area contributed by atoms with Gasteiger partial charge < -0.3 is 24.4 Å². The van der Waals surface area contributed by atoms with E-state index in [1.54, 1.807) is 11.3 Å². The lowest BCUT2D eigenvalue weighted by Gasteiger charge is -2.30. The highest BCUT2D eigenvalue weighted by Crippen LogP contribution is 2.54. The molecule has 2 aromatic heterocycles. The van der Waals surface area contributed by atoms with Crippen LogP contribution < -0.4 is 19.3 Å². The molecule has 0 unspecified atom stereocenters. The van der Waals surface area contributed by atoms with Gasteiger partial charge in [0, 0.05) is 43.9 Å². The maximum Gasteiger partial charge on any atom is 0.346 e. The van der Waals surface area contributed by atoms with Crippen molar-refractivity contribution < 1.29 is 19.4 Å². The van der Waals surface area contributed by atoms with Crippen molar-refractivity contribution in [3.05, 3.63) is 186 Å². The van der Waals surface area contributed by atoms with Gasteiger partial charge in [0.2, 0.25) is 0 Å². The molecule has 0 fully saturated rings. The van der Waals surface area contributed by atoms with Crippen LogP contribution in [-0.2, 0) is 11.2 Å². The Kier molecular flexibility index (Phi) is 12.6. The van der Waals surface area contributed by atoms with Crippen LogP contribution in [0.25, 0.3) is 47.8 Å². The molecular formula is C58H47N3O4S2. The van der Waals surface area contributed by atoms with Gasteiger partial charge in [0.1, 0.15) is 24.9 Å². The molecule has 0 bridgehead atoms. The molecule has 0 spiro atoms. The lowest BCUT2D eigenvalue weighted by Crippen LogP contribution is -2.14. The van der Waals surface area contributed by atoms with Crippen LogP contribution in [0.5, 0.6) is 11.5 Å². The molecule has 3 heterocycles. The Morgan fingerprint density at radius 1 is 0.597 bits per heavy atom. The number of unbranched alkanes of at least 4 members (excludes halogenated alkanes) is 3. The van der Waals surface area contributed by atoms with Crippen molar-refractivity contribution in [1.29, 1.82) is 5.26 Å². The SMILES string of the molecule is CCCCCCc1cc(-c2sc(/C=C(/C#N)C(=O)O)c3c2OCCO3)sc1-c1cc(N(c2ccccc2)c2ccc3ccccc3c2)cc(N(c2ccccc2)c2ccc3ccccc3c2)c1. The van der Waals surface area contributed by atoms with Crippen molar-refractivity contribution in [3.63, 3.8) is 0 Å². The molecule has 1 N–H and O–H groups in total. The van der Waals surface area contributed by atoms with Gasteiger partial charge in [0.15, 0.2) is 11.5 Å². The summed E-state index contributed by atoms with van der Waals surface area (Å²) in [5.41, 5.74) is 8.08. The molecule has 0 saturated heterocycles. The summed E-state index contributed by atoms with van der Waals surface area (Å²) in [4.78, 5) is 20.3. The average Bonchev–Trinajstić information content (AvgIpc) is 3.97. The number of anilines is 6. The molecule has 0 aliphatic carbocycles. The van der Waals surface area contributed by atoms with Crippen LogP contribution in [0.4, 0.5) is 34.1 Å². The monoisotopic (exact) mass is 913 g/mol. The molecule has 1 aliphatic rings. The summed E-state index contributed by atoms with van der Waals surface area (Å²) in [6.45, 7) is 2.93. The quantitative estimate of drug-likeness (QED) is 0.0623. The van der Waals surface area contributed by atoms with Gasteiger partial charge >= 0.3 is 5.97 Å². The van der Waals surface area contributed by atoms with E-state index in [4.69, 9.17) is 9.47 Å².